The number of methoxy groups -OCH3 is 2. The van der Waals surface area contributed by atoms with Crippen molar-refractivity contribution in [1.29, 1.82) is 5.26 Å². The highest BCUT2D eigenvalue weighted by atomic mass is 16.5. The van der Waals surface area contributed by atoms with Crippen LogP contribution in [0.15, 0.2) is 73.1 Å². The van der Waals surface area contributed by atoms with Crippen molar-refractivity contribution in [3.8, 4) is 17.6 Å². The molecule has 0 bridgehead atoms. The van der Waals surface area contributed by atoms with Crippen LogP contribution in [0.3, 0.4) is 0 Å². The molecule has 0 aliphatic heterocycles. The van der Waals surface area contributed by atoms with Crippen molar-refractivity contribution >= 4 is 40.3 Å². The van der Waals surface area contributed by atoms with E-state index in [0.29, 0.717) is 46.6 Å². The highest BCUT2D eigenvalue weighted by molar-refractivity contribution is 5.90. The second-order valence-electron chi connectivity index (χ2n) is 9.23. The number of nitrogens with one attached hydrogen (secondary N) is 2. The van der Waals surface area contributed by atoms with Gasteiger partial charge in [0.2, 0.25) is 5.91 Å². The molecule has 0 aliphatic carbocycles. The van der Waals surface area contributed by atoms with Crippen molar-refractivity contribution in [1.82, 2.24) is 19.6 Å². The lowest BCUT2D eigenvalue weighted by Crippen LogP contribution is -2.19. The Hall–Kier alpha value is -5.63. The molecule has 5 rings (SSSR count). The van der Waals surface area contributed by atoms with E-state index in [1.165, 1.54) is 17.6 Å². The normalized spacial score (nSPS) is 10.6. The average Bonchev–Trinajstić information content (AvgIpc) is 3.40. The number of imidazole rings is 1. The number of carbonyl (C=O) groups is 1. The maximum absolute atomic E-state index is 11.7. The number of carbonyl (C=O) groups excluding carboxylic acids is 1. The molecule has 0 saturated heterocycles. The van der Waals surface area contributed by atoms with Crippen molar-refractivity contribution < 1.29 is 14.3 Å². The number of pyridine rings is 1. The van der Waals surface area contributed by atoms with E-state index in [-0.39, 0.29) is 11.6 Å². The molecule has 2 N–H and O–H groups in total. The zero-order valence-electron chi connectivity index (χ0n) is 23.0. The number of amides is 1. The Balaban J connectivity index is 1.63. The van der Waals surface area contributed by atoms with Crippen LogP contribution in [0, 0.1) is 18.3 Å². The summed E-state index contributed by atoms with van der Waals surface area (Å²) in [5, 5.41) is 20.6. The van der Waals surface area contributed by atoms with E-state index in [2.05, 4.69) is 31.8 Å². The molecular formula is C30H28N8O3. The Morgan fingerprint density at radius 3 is 2.41 bits per heavy atom. The van der Waals surface area contributed by atoms with Crippen molar-refractivity contribution in [3.05, 3.63) is 89.9 Å². The lowest BCUT2D eigenvalue weighted by Gasteiger charge is -2.25. The Morgan fingerprint density at radius 2 is 1.76 bits per heavy atom. The average molecular weight is 549 g/mol. The number of nitriles is 1. The Bertz CT molecular complexity index is 1740. The number of benzene rings is 2. The van der Waals surface area contributed by atoms with Crippen LogP contribution < -0.4 is 25.0 Å². The second-order valence-corrected chi connectivity index (χ2v) is 9.23. The van der Waals surface area contributed by atoms with Gasteiger partial charge >= 0.3 is 0 Å². The predicted octanol–water partition coefficient (Wildman–Crippen LogP) is 5.36. The Labute approximate surface area is 237 Å². The number of hydrogen-bond donors (Lipinski definition) is 2. The molecule has 41 heavy (non-hydrogen) atoms. The van der Waals surface area contributed by atoms with Gasteiger partial charge in [-0.15, -0.1) is 5.10 Å². The van der Waals surface area contributed by atoms with Gasteiger partial charge in [0, 0.05) is 30.9 Å². The second kappa shape index (κ2) is 11.6. The highest BCUT2D eigenvalue weighted by Gasteiger charge is 2.20. The van der Waals surface area contributed by atoms with Crippen molar-refractivity contribution in [2.45, 2.75) is 20.4 Å². The largest absolute Gasteiger partial charge is 0.497 e. The molecule has 2 aromatic carbocycles. The van der Waals surface area contributed by atoms with Crippen LogP contribution in [0.1, 0.15) is 23.7 Å². The third-order valence-electron chi connectivity index (χ3n) is 6.41. The van der Waals surface area contributed by atoms with E-state index in [1.54, 1.807) is 20.4 Å². The summed E-state index contributed by atoms with van der Waals surface area (Å²) in [5.74, 6) is 2.33. The first-order chi connectivity index (χ1) is 19.9. The van der Waals surface area contributed by atoms with E-state index < -0.39 is 0 Å². The molecule has 0 atom stereocenters. The molecule has 5 aromatic rings. The topological polar surface area (TPSA) is 130 Å². The number of aromatic nitrogens is 4. The van der Waals surface area contributed by atoms with Crippen LogP contribution in [0.2, 0.25) is 0 Å². The summed E-state index contributed by atoms with van der Waals surface area (Å²) in [5.41, 5.74) is 4.76. The lowest BCUT2D eigenvalue weighted by molar-refractivity contribution is -0.114. The first-order valence-electron chi connectivity index (χ1n) is 12.7. The maximum Gasteiger partial charge on any atom is 0.221 e. The van der Waals surface area contributed by atoms with Gasteiger partial charge in [0.15, 0.2) is 17.2 Å². The van der Waals surface area contributed by atoms with Crippen LogP contribution in [0.25, 0.3) is 5.65 Å². The van der Waals surface area contributed by atoms with Gasteiger partial charge in [0.1, 0.15) is 23.4 Å². The van der Waals surface area contributed by atoms with Gasteiger partial charge in [0.05, 0.1) is 32.3 Å². The smallest absolute Gasteiger partial charge is 0.221 e. The van der Waals surface area contributed by atoms with Gasteiger partial charge in [-0.05, 0) is 54.4 Å². The van der Waals surface area contributed by atoms with Crippen molar-refractivity contribution in [3.63, 3.8) is 0 Å². The van der Waals surface area contributed by atoms with Crippen LogP contribution in [0.5, 0.6) is 11.5 Å². The first-order valence-corrected chi connectivity index (χ1v) is 12.7. The van der Waals surface area contributed by atoms with Gasteiger partial charge < -0.3 is 25.0 Å². The summed E-state index contributed by atoms with van der Waals surface area (Å²) in [4.78, 5) is 22.9. The third-order valence-corrected chi connectivity index (χ3v) is 6.41. The molecule has 11 nitrogen and oxygen atoms in total. The number of hydrogen-bond acceptors (Lipinski definition) is 9. The first kappa shape index (κ1) is 27.0. The molecule has 0 saturated carbocycles. The number of nitrogens with zero attached hydrogens (tertiary/aromatic N) is 6. The fraction of sp³-hybridized carbons (Fsp3) is 0.167. The molecule has 0 radical (unpaired) electrons. The maximum atomic E-state index is 11.7. The summed E-state index contributed by atoms with van der Waals surface area (Å²) >= 11 is 0. The van der Waals surface area contributed by atoms with Crippen molar-refractivity contribution in [2.24, 2.45) is 0 Å². The molecule has 3 aromatic heterocycles. The van der Waals surface area contributed by atoms with Gasteiger partial charge in [-0.2, -0.15) is 9.78 Å². The third kappa shape index (κ3) is 5.86. The standard InChI is InChI=1S/C30H28N8O3/c1-19-5-8-22(13-26(19)34-20(2)39)35-28-14-27(30-33-16-23(15-31)38(30)36-28)37(29-12-11-25(41-4)17-32-29)18-21-6-9-24(40-3)10-7-21/h5-14,16-17H,18H2,1-4H3,(H,34,39)(H,35,36). The zero-order valence-corrected chi connectivity index (χ0v) is 23.0. The molecule has 0 spiro atoms. The lowest BCUT2D eigenvalue weighted by atomic mass is 10.1. The quantitative estimate of drug-likeness (QED) is 0.250. The monoisotopic (exact) mass is 548 g/mol. The van der Waals surface area contributed by atoms with E-state index in [1.807, 2.05) is 72.5 Å². The van der Waals surface area contributed by atoms with Crippen molar-refractivity contribution in [2.75, 3.05) is 29.8 Å². The van der Waals surface area contributed by atoms with Crippen LogP contribution in [-0.2, 0) is 11.3 Å². The molecular weight excluding hydrogens is 520 g/mol. The molecule has 0 fully saturated rings. The van der Waals surface area contributed by atoms with Crippen LogP contribution >= 0.6 is 0 Å². The molecule has 3 heterocycles. The molecule has 206 valence electrons. The Kier molecular flexibility index (Phi) is 7.65. The van der Waals surface area contributed by atoms with E-state index >= 15 is 0 Å². The fourth-order valence-corrected chi connectivity index (χ4v) is 4.32. The summed E-state index contributed by atoms with van der Waals surface area (Å²) in [6, 6.07) is 21.1. The highest BCUT2D eigenvalue weighted by Crippen LogP contribution is 2.33. The summed E-state index contributed by atoms with van der Waals surface area (Å²) in [7, 11) is 3.22. The van der Waals surface area contributed by atoms with Gasteiger partial charge in [0.25, 0.3) is 0 Å². The minimum Gasteiger partial charge on any atom is -0.497 e. The predicted molar refractivity (Wildman–Crippen MR) is 156 cm³/mol. The molecule has 0 aliphatic rings. The Morgan fingerprint density at radius 1 is 1.00 bits per heavy atom. The zero-order chi connectivity index (χ0) is 28.9. The van der Waals surface area contributed by atoms with Crippen LogP contribution in [-0.4, -0.2) is 39.7 Å². The van der Waals surface area contributed by atoms with Gasteiger partial charge in [-0.1, -0.05) is 18.2 Å². The number of rotatable bonds is 9. The summed E-state index contributed by atoms with van der Waals surface area (Å²) < 4.78 is 12.2. The molecule has 1 amide bonds. The van der Waals surface area contributed by atoms with E-state index in [9.17, 15) is 10.1 Å². The van der Waals surface area contributed by atoms with Crippen LogP contribution in [0.4, 0.5) is 28.7 Å². The summed E-state index contributed by atoms with van der Waals surface area (Å²) in [6.45, 7) is 3.82. The number of fused-ring (bicyclic) bond motifs is 1. The van der Waals surface area contributed by atoms with Gasteiger partial charge in [-0.3, -0.25) is 4.79 Å². The van der Waals surface area contributed by atoms with E-state index in [4.69, 9.17) is 9.47 Å². The number of aryl methyl sites for hydroxylation is 1. The SMILES string of the molecule is COc1ccc(CN(c2ccc(OC)cn2)c2cc(Nc3ccc(C)c(NC(C)=O)c3)nn3c(C#N)cnc23)cc1. The molecule has 0 unspecified atom stereocenters. The minimum absolute atomic E-state index is 0.162. The summed E-state index contributed by atoms with van der Waals surface area (Å²) in [6.07, 6.45) is 3.14. The van der Waals surface area contributed by atoms with Gasteiger partial charge in [-0.25, -0.2) is 9.97 Å². The van der Waals surface area contributed by atoms with E-state index in [0.717, 1.165) is 16.9 Å². The molecule has 11 heteroatoms. The number of ether oxygens (including phenoxy) is 2. The fourth-order valence-electron chi connectivity index (χ4n) is 4.32. The number of anilines is 5. The minimum atomic E-state index is -0.162.